The lowest BCUT2D eigenvalue weighted by atomic mass is 10.1. The second-order valence-corrected chi connectivity index (χ2v) is 5.51. The first kappa shape index (κ1) is 13.0. The van der Waals surface area contributed by atoms with Gasteiger partial charge in [0.1, 0.15) is 0 Å². The number of amides is 2. The topological polar surface area (TPSA) is 69.6 Å². The summed E-state index contributed by atoms with van der Waals surface area (Å²) in [5, 5.41) is 12.0. The van der Waals surface area contributed by atoms with E-state index >= 15 is 0 Å². The molecule has 20 heavy (non-hydrogen) atoms. The minimum atomic E-state index is -0.964. The lowest BCUT2D eigenvalue weighted by Crippen LogP contribution is -2.39. The van der Waals surface area contributed by atoms with Crippen LogP contribution in [0, 0.1) is 5.92 Å². The molecular formula is C15H18N2O3. The molecule has 2 aliphatic rings. The van der Waals surface area contributed by atoms with Crippen molar-refractivity contribution in [2.24, 2.45) is 5.92 Å². The van der Waals surface area contributed by atoms with Gasteiger partial charge in [-0.1, -0.05) is 18.9 Å². The maximum absolute atomic E-state index is 12.2. The van der Waals surface area contributed by atoms with Crippen molar-refractivity contribution in [3.05, 3.63) is 29.3 Å². The summed E-state index contributed by atoms with van der Waals surface area (Å²) in [7, 11) is 0. The van der Waals surface area contributed by atoms with Gasteiger partial charge in [-0.15, -0.1) is 0 Å². The van der Waals surface area contributed by atoms with E-state index in [0.29, 0.717) is 13.1 Å². The second kappa shape index (κ2) is 5.15. The zero-order valence-electron chi connectivity index (χ0n) is 11.3. The van der Waals surface area contributed by atoms with Crippen LogP contribution in [0.2, 0.25) is 0 Å². The van der Waals surface area contributed by atoms with Crippen LogP contribution in [0.4, 0.5) is 10.5 Å². The van der Waals surface area contributed by atoms with Crippen LogP contribution < -0.4 is 10.2 Å². The van der Waals surface area contributed by atoms with E-state index in [1.165, 1.54) is 12.8 Å². The molecule has 0 unspecified atom stereocenters. The summed E-state index contributed by atoms with van der Waals surface area (Å²) >= 11 is 0. The molecule has 5 heteroatoms. The summed E-state index contributed by atoms with van der Waals surface area (Å²) in [5.74, 6) is -0.173. The van der Waals surface area contributed by atoms with Gasteiger partial charge in [-0.25, -0.2) is 9.59 Å². The molecule has 1 heterocycles. The van der Waals surface area contributed by atoms with Crippen LogP contribution in [0.1, 0.15) is 35.2 Å². The SMILES string of the molecule is O=C(O)c1ccc2c(c1)N(C(=O)NCCC1CC1)CC2. The van der Waals surface area contributed by atoms with Crippen LogP contribution in [-0.2, 0) is 6.42 Å². The molecule has 0 saturated heterocycles. The van der Waals surface area contributed by atoms with Gasteiger partial charge >= 0.3 is 12.0 Å². The Morgan fingerprint density at radius 3 is 2.85 bits per heavy atom. The van der Waals surface area contributed by atoms with Gasteiger partial charge in [-0.2, -0.15) is 0 Å². The Hall–Kier alpha value is -2.04. The van der Waals surface area contributed by atoms with Crippen LogP contribution in [-0.4, -0.2) is 30.2 Å². The van der Waals surface area contributed by atoms with E-state index in [9.17, 15) is 9.59 Å². The number of rotatable bonds is 4. The Balaban J connectivity index is 1.68. The molecule has 0 radical (unpaired) electrons. The minimum absolute atomic E-state index is 0.119. The highest BCUT2D eigenvalue weighted by atomic mass is 16.4. The number of carbonyl (C=O) groups is 2. The van der Waals surface area contributed by atoms with Crippen LogP contribution in [0.5, 0.6) is 0 Å². The molecule has 2 N–H and O–H groups in total. The highest BCUT2D eigenvalue weighted by Crippen LogP contribution is 2.32. The van der Waals surface area contributed by atoms with Crippen molar-refractivity contribution in [2.75, 3.05) is 18.0 Å². The van der Waals surface area contributed by atoms with E-state index in [-0.39, 0.29) is 11.6 Å². The third-order valence-electron chi connectivity index (χ3n) is 4.00. The van der Waals surface area contributed by atoms with Crippen molar-refractivity contribution in [3.8, 4) is 0 Å². The summed E-state index contributed by atoms with van der Waals surface area (Å²) in [6.45, 7) is 1.32. The molecular weight excluding hydrogens is 256 g/mol. The summed E-state index contributed by atoms with van der Waals surface area (Å²) in [6.07, 6.45) is 4.39. The second-order valence-electron chi connectivity index (χ2n) is 5.51. The van der Waals surface area contributed by atoms with Gasteiger partial charge in [-0.05, 0) is 36.5 Å². The lowest BCUT2D eigenvalue weighted by Gasteiger charge is -2.18. The van der Waals surface area contributed by atoms with Gasteiger partial charge in [0.2, 0.25) is 0 Å². The summed E-state index contributed by atoms with van der Waals surface area (Å²) in [5.41, 5.74) is 1.99. The number of carbonyl (C=O) groups excluding carboxylic acids is 1. The molecule has 1 aromatic rings. The predicted octanol–water partition coefficient (Wildman–Crippen LogP) is 2.26. The smallest absolute Gasteiger partial charge is 0.335 e. The standard InChI is InChI=1S/C15H18N2O3/c18-14(19)12-4-3-11-6-8-17(13(11)9-12)15(20)16-7-5-10-1-2-10/h3-4,9-10H,1-2,5-8H2,(H,16,20)(H,18,19). The van der Waals surface area contributed by atoms with Crippen LogP contribution in [0.15, 0.2) is 18.2 Å². The summed E-state index contributed by atoms with van der Waals surface area (Å²) in [4.78, 5) is 24.8. The normalized spacial score (nSPS) is 16.9. The zero-order chi connectivity index (χ0) is 14.1. The number of urea groups is 1. The fourth-order valence-electron chi connectivity index (χ4n) is 2.61. The van der Waals surface area contributed by atoms with Crippen molar-refractivity contribution in [1.29, 1.82) is 0 Å². The molecule has 0 atom stereocenters. The van der Waals surface area contributed by atoms with Gasteiger partial charge in [-0.3, -0.25) is 4.90 Å². The summed E-state index contributed by atoms with van der Waals surface area (Å²) in [6, 6.07) is 4.86. The number of hydrogen-bond donors (Lipinski definition) is 2. The highest BCUT2D eigenvalue weighted by molar-refractivity contribution is 5.96. The minimum Gasteiger partial charge on any atom is -0.478 e. The fourth-order valence-corrected chi connectivity index (χ4v) is 2.61. The quantitative estimate of drug-likeness (QED) is 0.884. The average Bonchev–Trinajstić information content (AvgIpc) is 3.15. The Morgan fingerprint density at radius 2 is 2.15 bits per heavy atom. The van der Waals surface area contributed by atoms with Gasteiger partial charge in [0.05, 0.1) is 5.56 Å². The van der Waals surface area contributed by atoms with E-state index in [4.69, 9.17) is 5.11 Å². The van der Waals surface area contributed by atoms with Crippen molar-refractivity contribution in [2.45, 2.75) is 25.7 Å². The molecule has 1 saturated carbocycles. The van der Waals surface area contributed by atoms with Crippen LogP contribution in [0.25, 0.3) is 0 Å². The molecule has 106 valence electrons. The van der Waals surface area contributed by atoms with E-state index in [2.05, 4.69) is 5.32 Å². The summed E-state index contributed by atoms with van der Waals surface area (Å²) < 4.78 is 0. The van der Waals surface area contributed by atoms with Crippen LogP contribution >= 0.6 is 0 Å². The van der Waals surface area contributed by atoms with E-state index < -0.39 is 5.97 Å². The van der Waals surface area contributed by atoms with Gasteiger partial charge < -0.3 is 10.4 Å². The number of nitrogens with one attached hydrogen (secondary N) is 1. The third-order valence-corrected chi connectivity index (χ3v) is 4.00. The van der Waals surface area contributed by atoms with E-state index in [1.807, 2.05) is 0 Å². The van der Waals surface area contributed by atoms with Gasteiger partial charge in [0.25, 0.3) is 0 Å². The first-order valence-corrected chi connectivity index (χ1v) is 7.07. The predicted molar refractivity (Wildman–Crippen MR) is 75.2 cm³/mol. The Morgan fingerprint density at radius 1 is 1.35 bits per heavy atom. The van der Waals surface area contributed by atoms with Crippen molar-refractivity contribution in [1.82, 2.24) is 5.32 Å². The monoisotopic (exact) mass is 274 g/mol. The zero-order valence-corrected chi connectivity index (χ0v) is 11.3. The molecule has 0 spiro atoms. The number of carboxylic acids is 1. The first-order chi connectivity index (χ1) is 9.65. The number of aromatic carboxylic acids is 1. The number of carboxylic acid groups (broad SMARTS) is 1. The fraction of sp³-hybridized carbons (Fsp3) is 0.467. The number of benzene rings is 1. The van der Waals surface area contributed by atoms with Gasteiger partial charge in [0, 0.05) is 18.8 Å². The Bertz CT molecular complexity index is 552. The maximum atomic E-state index is 12.2. The van der Waals surface area contributed by atoms with E-state index in [1.54, 1.807) is 23.1 Å². The molecule has 1 aliphatic heterocycles. The number of hydrogen-bond acceptors (Lipinski definition) is 2. The Labute approximate surface area is 117 Å². The van der Waals surface area contributed by atoms with Crippen molar-refractivity contribution >= 4 is 17.7 Å². The number of anilines is 1. The molecule has 5 nitrogen and oxygen atoms in total. The lowest BCUT2D eigenvalue weighted by molar-refractivity contribution is 0.0697. The largest absolute Gasteiger partial charge is 0.478 e. The number of fused-ring (bicyclic) bond motifs is 1. The first-order valence-electron chi connectivity index (χ1n) is 7.07. The average molecular weight is 274 g/mol. The van der Waals surface area contributed by atoms with Crippen LogP contribution in [0.3, 0.4) is 0 Å². The van der Waals surface area contributed by atoms with Crippen molar-refractivity contribution < 1.29 is 14.7 Å². The van der Waals surface area contributed by atoms with Crippen molar-refractivity contribution in [3.63, 3.8) is 0 Å². The molecule has 1 fully saturated rings. The molecule has 2 amide bonds. The maximum Gasteiger partial charge on any atom is 0.335 e. The molecule has 0 aromatic heterocycles. The van der Waals surface area contributed by atoms with Gasteiger partial charge in [0.15, 0.2) is 0 Å². The molecule has 0 bridgehead atoms. The Kier molecular flexibility index (Phi) is 3.34. The molecule has 1 aliphatic carbocycles. The van der Waals surface area contributed by atoms with E-state index in [0.717, 1.165) is 30.0 Å². The highest BCUT2D eigenvalue weighted by Gasteiger charge is 2.26. The third kappa shape index (κ3) is 2.61. The molecule has 3 rings (SSSR count). The molecule has 1 aromatic carbocycles. The number of nitrogens with zero attached hydrogens (tertiary/aromatic N) is 1.